The largest absolute Gasteiger partial charge is 0.453 e. The number of fused-ring (bicyclic) bond motifs is 1. The van der Waals surface area contributed by atoms with E-state index in [1.165, 1.54) is 31.3 Å². The molecule has 6 nitrogen and oxygen atoms in total. The highest BCUT2D eigenvalue weighted by atomic mass is 35.5. The Bertz CT molecular complexity index is 972. The fraction of sp³-hybridized carbons (Fsp3) is 0.0588. The van der Waals surface area contributed by atoms with Gasteiger partial charge in [0.1, 0.15) is 11.3 Å². The third kappa shape index (κ3) is 2.91. The zero-order chi connectivity index (χ0) is 17.3. The summed E-state index contributed by atoms with van der Waals surface area (Å²) < 4.78 is 5.76. The molecule has 2 aromatic carbocycles. The molecule has 0 aliphatic heterocycles. The van der Waals surface area contributed by atoms with Crippen LogP contribution in [0.1, 0.15) is 17.3 Å². The van der Waals surface area contributed by atoms with Crippen LogP contribution in [0.2, 0.25) is 5.02 Å². The second-order valence-electron chi connectivity index (χ2n) is 5.04. The summed E-state index contributed by atoms with van der Waals surface area (Å²) in [7, 11) is 0. The Morgan fingerprint density at radius 2 is 1.96 bits per heavy atom. The topological polar surface area (TPSA) is 82.3 Å². The van der Waals surface area contributed by atoms with Crippen molar-refractivity contribution in [3.05, 3.63) is 69.4 Å². The molecule has 0 atom stereocenters. The molecule has 0 amide bonds. The fourth-order valence-electron chi connectivity index (χ4n) is 2.29. The molecule has 120 valence electrons. The van der Waals surface area contributed by atoms with Gasteiger partial charge >= 0.3 is 0 Å². The molecule has 1 aromatic heterocycles. The van der Waals surface area contributed by atoms with Crippen molar-refractivity contribution in [1.82, 2.24) is 4.98 Å². The number of ketones is 1. The second-order valence-corrected chi connectivity index (χ2v) is 5.45. The normalized spacial score (nSPS) is 10.6. The van der Waals surface area contributed by atoms with Crippen LogP contribution in [0.5, 0.6) is 11.5 Å². The van der Waals surface area contributed by atoms with Crippen molar-refractivity contribution in [3.63, 3.8) is 0 Å². The maximum atomic E-state index is 11.4. The van der Waals surface area contributed by atoms with Crippen LogP contribution >= 0.6 is 11.6 Å². The maximum absolute atomic E-state index is 11.4. The van der Waals surface area contributed by atoms with Crippen molar-refractivity contribution in [2.24, 2.45) is 0 Å². The molecule has 0 saturated carbocycles. The Labute approximate surface area is 141 Å². The Morgan fingerprint density at radius 3 is 2.62 bits per heavy atom. The highest BCUT2D eigenvalue weighted by molar-refractivity contribution is 6.32. The monoisotopic (exact) mass is 342 g/mol. The quantitative estimate of drug-likeness (QED) is 0.386. The molecule has 0 fully saturated rings. The lowest BCUT2D eigenvalue weighted by molar-refractivity contribution is -0.383. The van der Waals surface area contributed by atoms with Gasteiger partial charge in [0, 0.05) is 17.8 Å². The van der Waals surface area contributed by atoms with Gasteiger partial charge in [0.2, 0.25) is 0 Å². The van der Waals surface area contributed by atoms with Crippen LogP contribution in [-0.2, 0) is 0 Å². The molecule has 0 radical (unpaired) electrons. The van der Waals surface area contributed by atoms with E-state index in [-0.39, 0.29) is 16.5 Å². The van der Waals surface area contributed by atoms with Crippen LogP contribution in [-0.4, -0.2) is 15.7 Å². The van der Waals surface area contributed by atoms with Crippen molar-refractivity contribution in [1.29, 1.82) is 0 Å². The van der Waals surface area contributed by atoms with Crippen molar-refractivity contribution in [2.45, 2.75) is 6.92 Å². The number of carbonyl (C=O) groups is 1. The summed E-state index contributed by atoms with van der Waals surface area (Å²) in [5.41, 5.74) is 0.779. The first-order valence-corrected chi connectivity index (χ1v) is 7.35. The molecule has 1 heterocycles. The summed E-state index contributed by atoms with van der Waals surface area (Å²) in [6, 6.07) is 10.8. The van der Waals surface area contributed by atoms with E-state index in [4.69, 9.17) is 16.3 Å². The van der Waals surface area contributed by atoms with Crippen LogP contribution in [0.3, 0.4) is 0 Å². The molecule has 0 unspecified atom stereocenters. The highest BCUT2D eigenvalue weighted by Gasteiger charge is 2.17. The molecular formula is C17H11ClN2O4. The van der Waals surface area contributed by atoms with E-state index < -0.39 is 4.92 Å². The van der Waals surface area contributed by atoms with Gasteiger partial charge in [-0.3, -0.25) is 19.9 Å². The van der Waals surface area contributed by atoms with Gasteiger partial charge in [-0.05, 0) is 43.3 Å². The number of rotatable bonds is 4. The van der Waals surface area contributed by atoms with Gasteiger partial charge in [-0.1, -0.05) is 11.6 Å². The zero-order valence-corrected chi connectivity index (χ0v) is 13.3. The van der Waals surface area contributed by atoms with E-state index in [0.717, 1.165) is 0 Å². The van der Waals surface area contributed by atoms with Crippen molar-refractivity contribution < 1.29 is 14.5 Å². The summed E-state index contributed by atoms with van der Waals surface area (Å²) in [6.45, 7) is 1.44. The molecule has 0 spiro atoms. The molecule has 0 saturated heterocycles. The number of carbonyl (C=O) groups excluding carboxylic acids is 1. The van der Waals surface area contributed by atoms with Gasteiger partial charge in [0.15, 0.2) is 11.5 Å². The maximum Gasteiger partial charge on any atom is 0.279 e. The number of aromatic nitrogens is 1. The van der Waals surface area contributed by atoms with E-state index in [1.807, 2.05) is 0 Å². The first kappa shape index (κ1) is 15.9. The van der Waals surface area contributed by atoms with Crippen molar-refractivity contribution >= 4 is 34.0 Å². The zero-order valence-electron chi connectivity index (χ0n) is 12.5. The van der Waals surface area contributed by atoms with Gasteiger partial charge in [0.05, 0.1) is 15.3 Å². The number of ether oxygens (including phenoxy) is 1. The first-order valence-electron chi connectivity index (χ1n) is 6.98. The lowest BCUT2D eigenvalue weighted by Crippen LogP contribution is -1.95. The third-order valence-corrected chi connectivity index (χ3v) is 3.76. The van der Waals surface area contributed by atoms with E-state index in [2.05, 4.69) is 4.98 Å². The summed E-state index contributed by atoms with van der Waals surface area (Å²) in [5, 5.41) is 11.8. The van der Waals surface area contributed by atoms with Crippen LogP contribution in [0, 0.1) is 10.1 Å². The predicted molar refractivity (Wildman–Crippen MR) is 89.9 cm³/mol. The number of hydrogen-bond donors (Lipinski definition) is 0. The standard InChI is InChI=1S/C17H11ClN2O4/c1-10(21)11-4-6-15(13(18)9-11)24-16-7-5-14(20(22)23)12-3-2-8-19-17(12)16/h2-9H,1H3. The Kier molecular flexibility index (Phi) is 4.14. The van der Waals surface area contributed by atoms with Gasteiger partial charge < -0.3 is 4.74 Å². The summed E-state index contributed by atoms with van der Waals surface area (Å²) in [5.74, 6) is 0.571. The minimum absolute atomic E-state index is 0.0523. The second kappa shape index (κ2) is 6.25. The lowest BCUT2D eigenvalue weighted by Gasteiger charge is -2.10. The molecule has 0 N–H and O–H groups in total. The average molecular weight is 343 g/mol. The minimum Gasteiger partial charge on any atom is -0.453 e. The van der Waals surface area contributed by atoms with E-state index >= 15 is 0 Å². The first-order chi connectivity index (χ1) is 11.5. The number of benzene rings is 2. The number of nitro benzene ring substituents is 1. The molecule has 0 aliphatic carbocycles. The molecule has 3 rings (SSSR count). The van der Waals surface area contributed by atoms with Crippen molar-refractivity contribution in [2.75, 3.05) is 0 Å². The van der Waals surface area contributed by atoms with Gasteiger partial charge in [0.25, 0.3) is 5.69 Å². The summed E-state index contributed by atoms with van der Waals surface area (Å²) in [6.07, 6.45) is 1.53. The molecule has 24 heavy (non-hydrogen) atoms. The SMILES string of the molecule is CC(=O)c1ccc(Oc2ccc([N+](=O)[O-])c3cccnc23)c(Cl)c1. The van der Waals surface area contributed by atoms with Gasteiger partial charge in [-0.15, -0.1) is 0 Å². The number of nitrogens with zero attached hydrogens (tertiary/aromatic N) is 2. The minimum atomic E-state index is -0.470. The molecular weight excluding hydrogens is 332 g/mol. The van der Waals surface area contributed by atoms with Gasteiger partial charge in [-0.25, -0.2) is 0 Å². The smallest absolute Gasteiger partial charge is 0.279 e. The van der Waals surface area contributed by atoms with E-state index in [9.17, 15) is 14.9 Å². The summed E-state index contributed by atoms with van der Waals surface area (Å²) >= 11 is 6.15. The van der Waals surface area contributed by atoms with Crippen LogP contribution in [0.4, 0.5) is 5.69 Å². The molecule has 0 aliphatic rings. The fourth-order valence-corrected chi connectivity index (χ4v) is 2.51. The van der Waals surface area contributed by atoms with E-state index in [1.54, 1.807) is 24.3 Å². The average Bonchev–Trinajstić information content (AvgIpc) is 2.56. The number of nitro groups is 1. The molecule has 3 aromatic rings. The Hall–Kier alpha value is -2.99. The molecule has 7 heteroatoms. The number of non-ortho nitro benzene ring substituents is 1. The van der Waals surface area contributed by atoms with E-state index in [0.29, 0.717) is 28.0 Å². The van der Waals surface area contributed by atoms with Crippen LogP contribution < -0.4 is 4.74 Å². The van der Waals surface area contributed by atoms with Crippen molar-refractivity contribution in [3.8, 4) is 11.5 Å². The number of hydrogen-bond acceptors (Lipinski definition) is 5. The molecule has 0 bridgehead atoms. The number of halogens is 1. The lowest BCUT2D eigenvalue weighted by atomic mass is 10.1. The number of pyridine rings is 1. The van der Waals surface area contributed by atoms with Crippen LogP contribution in [0.25, 0.3) is 10.9 Å². The summed E-state index contributed by atoms with van der Waals surface area (Å²) in [4.78, 5) is 26.2. The predicted octanol–water partition coefficient (Wildman–Crippen LogP) is 4.79. The third-order valence-electron chi connectivity index (χ3n) is 3.46. The highest BCUT2D eigenvalue weighted by Crippen LogP contribution is 2.36. The Balaban J connectivity index is 2.07. The van der Waals surface area contributed by atoms with Gasteiger partial charge in [-0.2, -0.15) is 0 Å². The van der Waals surface area contributed by atoms with Crippen LogP contribution in [0.15, 0.2) is 48.7 Å². The number of Topliss-reactive ketones (excluding diaryl/α,β-unsaturated/α-hetero) is 1. The Morgan fingerprint density at radius 1 is 1.21 bits per heavy atom.